The van der Waals surface area contributed by atoms with Gasteiger partial charge >= 0.3 is 6.09 Å². The maximum Gasteiger partial charge on any atom is 0.410 e. The van der Waals surface area contributed by atoms with Crippen LogP contribution in [-0.2, 0) is 14.6 Å². The third-order valence-electron chi connectivity index (χ3n) is 3.27. The second kappa shape index (κ2) is 6.60. The fraction of sp³-hybridized carbons (Fsp3) is 0.643. The molecule has 1 saturated heterocycles. The largest absolute Gasteiger partial charge is 0.444 e. The van der Waals surface area contributed by atoms with Gasteiger partial charge in [0.1, 0.15) is 5.60 Å². The molecule has 2 heterocycles. The number of aromatic nitrogens is 2. The van der Waals surface area contributed by atoms with Crippen molar-refractivity contribution in [2.24, 2.45) is 5.92 Å². The van der Waals surface area contributed by atoms with Crippen LogP contribution in [0.4, 0.5) is 4.79 Å². The smallest absolute Gasteiger partial charge is 0.410 e. The van der Waals surface area contributed by atoms with Gasteiger partial charge in [-0.3, -0.25) is 0 Å². The van der Waals surface area contributed by atoms with Crippen LogP contribution in [0.1, 0.15) is 27.2 Å². The van der Waals surface area contributed by atoms with Crippen LogP contribution in [0.5, 0.6) is 0 Å². The molecule has 1 aromatic rings. The molecule has 1 aromatic heterocycles. The summed E-state index contributed by atoms with van der Waals surface area (Å²) >= 11 is 5.66. The molecule has 23 heavy (non-hydrogen) atoms. The average Bonchev–Trinajstić information content (AvgIpc) is 2.85. The van der Waals surface area contributed by atoms with Crippen LogP contribution in [-0.4, -0.2) is 53.8 Å². The molecule has 0 aromatic carbocycles. The second-order valence-corrected chi connectivity index (χ2v) is 8.91. The van der Waals surface area contributed by atoms with Gasteiger partial charge in [-0.25, -0.2) is 23.2 Å². The normalized spacial score (nSPS) is 19.0. The summed E-state index contributed by atoms with van der Waals surface area (Å²) in [6.07, 6.45) is 2.69. The lowest BCUT2D eigenvalue weighted by Gasteiger charge is -2.24. The van der Waals surface area contributed by atoms with Gasteiger partial charge in [0.2, 0.25) is 15.0 Å². The summed E-state index contributed by atoms with van der Waals surface area (Å²) in [5.41, 5.74) is -0.571. The minimum atomic E-state index is -3.60. The number of carbonyl (C=O) groups excluding carboxylic acids is 1. The van der Waals surface area contributed by atoms with E-state index in [1.807, 2.05) is 0 Å². The summed E-state index contributed by atoms with van der Waals surface area (Å²) in [5.74, 6) is -0.264. The van der Waals surface area contributed by atoms with Crippen molar-refractivity contribution in [1.29, 1.82) is 0 Å². The van der Waals surface area contributed by atoms with E-state index in [9.17, 15) is 13.2 Å². The van der Waals surface area contributed by atoms with E-state index < -0.39 is 21.5 Å². The van der Waals surface area contributed by atoms with Crippen molar-refractivity contribution < 1.29 is 17.9 Å². The molecule has 0 unspecified atom stereocenters. The Balaban J connectivity index is 1.97. The first-order valence-electron chi connectivity index (χ1n) is 7.25. The predicted molar refractivity (Wildman–Crippen MR) is 85.0 cm³/mol. The van der Waals surface area contributed by atoms with E-state index in [-0.39, 0.29) is 21.8 Å². The topological polar surface area (TPSA) is 89.5 Å². The van der Waals surface area contributed by atoms with Crippen molar-refractivity contribution in [3.8, 4) is 0 Å². The van der Waals surface area contributed by atoms with E-state index in [2.05, 4.69) is 9.97 Å². The first kappa shape index (κ1) is 17.9. The van der Waals surface area contributed by atoms with Crippen LogP contribution < -0.4 is 0 Å². The fourth-order valence-electron chi connectivity index (χ4n) is 2.31. The maximum absolute atomic E-state index is 12.3. The standard InChI is InChI=1S/C14H20ClN3O4S/c1-14(2,3)22-13(19)18-5-4-10(8-18)9-23(20,21)12-16-6-11(15)7-17-12/h6-7,10H,4-5,8-9H2,1-3H3/t10-/m0/s1. The summed E-state index contributed by atoms with van der Waals surface area (Å²) in [4.78, 5) is 21.0. The van der Waals surface area contributed by atoms with E-state index in [0.717, 1.165) is 0 Å². The highest BCUT2D eigenvalue weighted by molar-refractivity contribution is 7.91. The molecule has 2 rings (SSSR count). The number of hydrogen-bond acceptors (Lipinski definition) is 6. The molecule has 7 nitrogen and oxygen atoms in total. The van der Waals surface area contributed by atoms with Crippen molar-refractivity contribution in [3.05, 3.63) is 17.4 Å². The van der Waals surface area contributed by atoms with E-state index in [4.69, 9.17) is 16.3 Å². The predicted octanol–water partition coefficient (Wildman–Crippen LogP) is 2.16. The molecule has 1 aliphatic rings. The lowest BCUT2D eigenvalue weighted by Crippen LogP contribution is -2.35. The summed E-state index contributed by atoms with van der Waals surface area (Å²) in [6.45, 7) is 6.21. The molecule has 0 saturated carbocycles. The van der Waals surface area contributed by atoms with E-state index in [1.54, 1.807) is 20.8 Å². The Morgan fingerprint density at radius 3 is 2.57 bits per heavy atom. The molecule has 0 radical (unpaired) electrons. The average molecular weight is 362 g/mol. The molecule has 128 valence electrons. The van der Waals surface area contributed by atoms with Gasteiger partial charge in [-0.15, -0.1) is 0 Å². The molecule has 1 fully saturated rings. The van der Waals surface area contributed by atoms with E-state index in [0.29, 0.717) is 19.5 Å². The van der Waals surface area contributed by atoms with Crippen molar-refractivity contribution in [1.82, 2.24) is 14.9 Å². The number of carbonyl (C=O) groups is 1. The molecule has 0 spiro atoms. The number of amides is 1. The minimum Gasteiger partial charge on any atom is -0.444 e. The highest BCUT2D eigenvalue weighted by Gasteiger charge is 2.33. The lowest BCUT2D eigenvalue weighted by molar-refractivity contribution is 0.0289. The third-order valence-corrected chi connectivity index (χ3v) is 5.14. The zero-order valence-corrected chi connectivity index (χ0v) is 14.9. The number of ether oxygens (including phenoxy) is 1. The minimum absolute atomic E-state index is 0.103. The second-order valence-electron chi connectivity index (χ2n) is 6.55. The molecule has 0 N–H and O–H groups in total. The number of sulfone groups is 1. The molecular formula is C14H20ClN3O4S. The number of hydrogen-bond donors (Lipinski definition) is 0. The summed E-state index contributed by atoms with van der Waals surface area (Å²) in [5, 5.41) is 0.0403. The van der Waals surface area contributed by atoms with Crippen LogP contribution in [0.25, 0.3) is 0 Å². The zero-order chi connectivity index (χ0) is 17.3. The molecular weight excluding hydrogens is 342 g/mol. The Bertz CT molecular complexity index is 670. The summed E-state index contributed by atoms with van der Waals surface area (Å²) < 4.78 is 29.9. The number of nitrogens with zero attached hydrogens (tertiary/aromatic N) is 3. The van der Waals surface area contributed by atoms with Gasteiger partial charge in [0.15, 0.2) is 0 Å². The van der Waals surface area contributed by atoms with Crippen LogP contribution in [0.3, 0.4) is 0 Å². The highest BCUT2D eigenvalue weighted by atomic mass is 35.5. The first-order chi connectivity index (χ1) is 10.6. The molecule has 1 aliphatic heterocycles. The number of rotatable bonds is 3. The van der Waals surface area contributed by atoms with Crippen LogP contribution in [0.2, 0.25) is 5.02 Å². The van der Waals surface area contributed by atoms with E-state index in [1.165, 1.54) is 17.3 Å². The zero-order valence-electron chi connectivity index (χ0n) is 13.3. The van der Waals surface area contributed by atoms with Crippen molar-refractivity contribution in [2.45, 2.75) is 37.9 Å². The van der Waals surface area contributed by atoms with Crippen LogP contribution in [0, 0.1) is 5.92 Å². The van der Waals surface area contributed by atoms with Crippen molar-refractivity contribution >= 4 is 27.5 Å². The van der Waals surface area contributed by atoms with Gasteiger partial charge in [0, 0.05) is 13.1 Å². The highest BCUT2D eigenvalue weighted by Crippen LogP contribution is 2.22. The van der Waals surface area contributed by atoms with Gasteiger partial charge in [0.05, 0.1) is 23.2 Å². The van der Waals surface area contributed by atoms with Crippen molar-refractivity contribution in [3.63, 3.8) is 0 Å². The van der Waals surface area contributed by atoms with Gasteiger partial charge in [0.25, 0.3) is 0 Å². The SMILES string of the molecule is CC(C)(C)OC(=O)N1CC[C@H](CS(=O)(=O)c2ncc(Cl)cn2)C1. The summed E-state index contributed by atoms with van der Waals surface area (Å²) in [7, 11) is -3.60. The Labute approximate surface area is 140 Å². The third kappa shape index (κ3) is 5.04. The number of likely N-dealkylation sites (tertiary alicyclic amines) is 1. The first-order valence-corrected chi connectivity index (χ1v) is 9.28. The summed E-state index contributed by atoms with van der Waals surface area (Å²) in [6, 6.07) is 0. The van der Waals surface area contributed by atoms with Gasteiger partial charge in [-0.05, 0) is 33.1 Å². The quantitative estimate of drug-likeness (QED) is 0.766. The van der Waals surface area contributed by atoms with Gasteiger partial charge in [-0.2, -0.15) is 0 Å². The lowest BCUT2D eigenvalue weighted by atomic mass is 10.2. The van der Waals surface area contributed by atoms with Gasteiger partial charge in [-0.1, -0.05) is 11.6 Å². The van der Waals surface area contributed by atoms with Crippen LogP contribution in [0.15, 0.2) is 17.6 Å². The van der Waals surface area contributed by atoms with Crippen LogP contribution >= 0.6 is 11.6 Å². The van der Waals surface area contributed by atoms with Gasteiger partial charge < -0.3 is 9.64 Å². The Morgan fingerprint density at radius 1 is 1.39 bits per heavy atom. The monoisotopic (exact) mass is 361 g/mol. The maximum atomic E-state index is 12.3. The van der Waals surface area contributed by atoms with Crippen molar-refractivity contribution in [2.75, 3.05) is 18.8 Å². The molecule has 0 bridgehead atoms. The fourth-order valence-corrected chi connectivity index (χ4v) is 3.87. The molecule has 1 atom stereocenters. The number of halogens is 1. The van der Waals surface area contributed by atoms with E-state index >= 15 is 0 Å². The molecule has 9 heteroatoms. The Kier molecular flexibility index (Phi) is 5.15. The Morgan fingerprint density at radius 2 is 2.00 bits per heavy atom. The Hall–Kier alpha value is -1.41. The molecule has 0 aliphatic carbocycles. The molecule has 1 amide bonds.